The van der Waals surface area contributed by atoms with E-state index in [0.29, 0.717) is 22.9 Å². The zero-order valence-electron chi connectivity index (χ0n) is 9.64. The van der Waals surface area contributed by atoms with E-state index in [9.17, 15) is 4.39 Å². The summed E-state index contributed by atoms with van der Waals surface area (Å²) in [6, 6.07) is 5.11. The van der Waals surface area contributed by atoms with Gasteiger partial charge in [-0.15, -0.1) is 0 Å². The van der Waals surface area contributed by atoms with Crippen molar-refractivity contribution in [2.24, 2.45) is 0 Å². The Labute approximate surface area is 113 Å². The van der Waals surface area contributed by atoms with Crippen molar-refractivity contribution in [2.45, 2.75) is 25.5 Å². The molecule has 94 valence electrons. The highest BCUT2D eigenvalue weighted by Crippen LogP contribution is 2.35. The van der Waals surface area contributed by atoms with Crippen LogP contribution in [-0.2, 0) is 6.61 Å². The Morgan fingerprint density at radius 2 is 2.22 bits per heavy atom. The van der Waals surface area contributed by atoms with E-state index in [1.54, 1.807) is 12.3 Å². The Balaban J connectivity index is 1.71. The van der Waals surface area contributed by atoms with Gasteiger partial charge >= 0.3 is 0 Å². The maximum absolute atomic E-state index is 13.2. The van der Waals surface area contributed by atoms with Crippen LogP contribution in [0.2, 0.25) is 0 Å². The Morgan fingerprint density at radius 3 is 2.94 bits per heavy atom. The number of aromatic nitrogens is 2. The normalized spacial score (nSPS) is 14.8. The number of hydrogen-bond acceptors (Lipinski definition) is 2. The van der Waals surface area contributed by atoms with Crippen molar-refractivity contribution in [3.05, 3.63) is 46.7 Å². The maximum Gasteiger partial charge on any atom is 0.130 e. The average molecular weight is 311 g/mol. The van der Waals surface area contributed by atoms with E-state index < -0.39 is 0 Å². The molecule has 0 radical (unpaired) electrons. The van der Waals surface area contributed by atoms with Gasteiger partial charge in [0, 0.05) is 16.6 Å². The Morgan fingerprint density at radius 1 is 1.39 bits per heavy atom. The van der Waals surface area contributed by atoms with Gasteiger partial charge in [-0.1, -0.05) is 15.9 Å². The molecule has 0 saturated heterocycles. The minimum Gasteiger partial charge on any atom is -0.487 e. The molecule has 0 atom stereocenters. The van der Waals surface area contributed by atoms with Gasteiger partial charge in [0.2, 0.25) is 0 Å². The van der Waals surface area contributed by atoms with Crippen molar-refractivity contribution >= 4 is 15.9 Å². The number of benzene rings is 1. The first-order valence-corrected chi connectivity index (χ1v) is 6.61. The van der Waals surface area contributed by atoms with Crippen molar-refractivity contribution in [1.82, 2.24) is 9.55 Å². The summed E-state index contributed by atoms with van der Waals surface area (Å²) in [5, 5.41) is 0. The predicted molar refractivity (Wildman–Crippen MR) is 68.9 cm³/mol. The first-order chi connectivity index (χ1) is 8.72. The summed E-state index contributed by atoms with van der Waals surface area (Å²) in [4.78, 5) is 4.13. The number of ether oxygens (including phenoxy) is 1. The van der Waals surface area contributed by atoms with Crippen LogP contribution >= 0.6 is 15.9 Å². The van der Waals surface area contributed by atoms with E-state index in [-0.39, 0.29) is 5.82 Å². The smallest absolute Gasteiger partial charge is 0.130 e. The van der Waals surface area contributed by atoms with Crippen molar-refractivity contribution in [3.63, 3.8) is 0 Å². The van der Waals surface area contributed by atoms with Crippen LogP contribution in [0.3, 0.4) is 0 Å². The highest BCUT2D eigenvalue weighted by atomic mass is 79.9. The van der Waals surface area contributed by atoms with Crippen LogP contribution in [0.1, 0.15) is 24.6 Å². The molecule has 3 nitrogen and oxygen atoms in total. The lowest BCUT2D eigenvalue weighted by Crippen LogP contribution is -2.03. The second kappa shape index (κ2) is 4.72. The summed E-state index contributed by atoms with van der Waals surface area (Å²) < 4.78 is 21.6. The fourth-order valence-corrected chi connectivity index (χ4v) is 2.34. The summed E-state index contributed by atoms with van der Waals surface area (Å²) in [7, 11) is 0. The Hall–Kier alpha value is -1.36. The first-order valence-electron chi connectivity index (χ1n) is 5.82. The zero-order chi connectivity index (χ0) is 12.5. The van der Waals surface area contributed by atoms with Gasteiger partial charge in [0.1, 0.15) is 18.2 Å². The number of halogens is 2. The van der Waals surface area contributed by atoms with E-state index in [2.05, 4.69) is 25.5 Å². The van der Waals surface area contributed by atoms with Crippen molar-refractivity contribution < 1.29 is 9.13 Å². The van der Waals surface area contributed by atoms with Gasteiger partial charge in [0.15, 0.2) is 0 Å². The van der Waals surface area contributed by atoms with Crippen LogP contribution < -0.4 is 4.74 Å². The third-order valence-electron chi connectivity index (χ3n) is 2.91. The van der Waals surface area contributed by atoms with Crippen LogP contribution in [0.25, 0.3) is 0 Å². The van der Waals surface area contributed by atoms with Gasteiger partial charge in [-0.2, -0.15) is 0 Å². The molecule has 0 spiro atoms. The van der Waals surface area contributed by atoms with Gasteiger partial charge in [0.25, 0.3) is 0 Å². The standard InChI is InChI=1S/C13H12BrFN2O/c14-9-3-10(15)5-13(4-9)18-7-12-6-16-8-17(12)11-1-2-11/h3-6,8,11H,1-2,7H2. The second-order valence-electron chi connectivity index (χ2n) is 4.42. The molecule has 1 aliphatic rings. The highest BCUT2D eigenvalue weighted by Gasteiger charge is 2.25. The lowest BCUT2D eigenvalue weighted by atomic mass is 10.3. The molecule has 1 saturated carbocycles. The van der Waals surface area contributed by atoms with Crippen molar-refractivity contribution in [1.29, 1.82) is 0 Å². The van der Waals surface area contributed by atoms with Gasteiger partial charge < -0.3 is 9.30 Å². The van der Waals surface area contributed by atoms with Crippen molar-refractivity contribution in [3.8, 4) is 5.75 Å². The molecule has 1 aromatic carbocycles. The molecule has 0 unspecified atom stereocenters. The molecule has 3 rings (SSSR count). The van der Waals surface area contributed by atoms with Gasteiger partial charge in [0.05, 0.1) is 18.2 Å². The average Bonchev–Trinajstić information content (AvgIpc) is 3.05. The summed E-state index contributed by atoms with van der Waals surface area (Å²) >= 11 is 3.24. The fraction of sp³-hybridized carbons (Fsp3) is 0.308. The van der Waals surface area contributed by atoms with Gasteiger partial charge in [-0.25, -0.2) is 9.37 Å². The van der Waals surface area contributed by atoms with Crippen LogP contribution in [0.4, 0.5) is 4.39 Å². The van der Waals surface area contributed by atoms with Crippen LogP contribution in [0.5, 0.6) is 5.75 Å². The minimum absolute atomic E-state index is 0.310. The molecule has 1 fully saturated rings. The number of rotatable bonds is 4. The lowest BCUT2D eigenvalue weighted by Gasteiger charge is -2.09. The summed E-state index contributed by atoms with van der Waals surface area (Å²) in [5.74, 6) is 0.209. The predicted octanol–water partition coefficient (Wildman–Crippen LogP) is 3.70. The van der Waals surface area contributed by atoms with Crippen LogP contribution in [0.15, 0.2) is 35.2 Å². The molecule has 1 aliphatic carbocycles. The molecule has 0 bridgehead atoms. The van der Waals surface area contributed by atoms with Gasteiger partial charge in [-0.3, -0.25) is 0 Å². The molecule has 5 heteroatoms. The molecule has 1 aromatic heterocycles. The SMILES string of the molecule is Fc1cc(Br)cc(OCc2cncn2C2CC2)c1. The van der Waals surface area contributed by atoms with Crippen molar-refractivity contribution in [2.75, 3.05) is 0 Å². The number of hydrogen-bond donors (Lipinski definition) is 0. The molecule has 18 heavy (non-hydrogen) atoms. The molecule has 0 amide bonds. The Kier molecular flexibility index (Phi) is 3.07. The number of imidazole rings is 1. The summed E-state index contributed by atoms with van der Waals surface area (Å²) in [5.41, 5.74) is 1.03. The zero-order valence-corrected chi connectivity index (χ0v) is 11.2. The van der Waals surface area contributed by atoms with Gasteiger partial charge in [-0.05, 0) is 25.0 Å². The third kappa shape index (κ3) is 2.56. The molecule has 1 heterocycles. The minimum atomic E-state index is -0.310. The quantitative estimate of drug-likeness (QED) is 0.861. The van der Waals surface area contributed by atoms with E-state index in [0.717, 1.165) is 5.69 Å². The molecule has 2 aromatic rings. The molecule has 0 N–H and O–H groups in total. The molecular weight excluding hydrogens is 299 g/mol. The highest BCUT2D eigenvalue weighted by molar-refractivity contribution is 9.10. The number of nitrogens with zero attached hydrogens (tertiary/aromatic N) is 2. The van der Waals surface area contributed by atoms with E-state index >= 15 is 0 Å². The summed E-state index contributed by atoms with van der Waals surface area (Å²) in [6.45, 7) is 0.409. The van der Waals surface area contributed by atoms with Crippen LogP contribution in [0, 0.1) is 5.82 Å². The van der Waals surface area contributed by atoms with E-state index in [1.165, 1.54) is 25.0 Å². The monoisotopic (exact) mass is 310 g/mol. The topological polar surface area (TPSA) is 27.1 Å². The maximum atomic E-state index is 13.2. The summed E-state index contributed by atoms with van der Waals surface area (Å²) in [6.07, 6.45) is 6.04. The van der Waals surface area contributed by atoms with E-state index in [4.69, 9.17) is 4.74 Å². The fourth-order valence-electron chi connectivity index (χ4n) is 1.89. The van der Waals surface area contributed by atoms with E-state index in [1.807, 2.05) is 6.33 Å². The molecular formula is C13H12BrFN2O. The Bertz CT molecular complexity index is 546. The van der Waals surface area contributed by atoms with Crippen LogP contribution in [-0.4, -0.2) is 9.55 Å². The molecule has 0 aliphatic heterocycles. The second-order valence-corrected chi connectivity index (χ2v) is 5.33. The third-order valence-corrected chi connectivity index (χ3v) is 3.37. The first kappa shape index (κ1) is 11.7. The largest absolute Gasteiger partial charge is 0.487 e. The lowest BCUT2D eigenvalue weighted by molar-refractivity contribution is 0.293.